The monoisotopic (exact) mass is 468 g/mol. The van der Waals surface area contributed by atoms with Gasteiger partial charge in [-0.3, -0.25) is 13.9 Å². The number of nitrogens with one attached hydrogen (secondary N) is 2. The average Bonchev–Trinajstić information content (AvgIpc) is 3.42. The van der Waals surface area contributed by atoms with E-state index in [0.717, 1.165) is 11.0 Å². The topological polar surface area (TPSA) is 115 Å². The highest BCUT2D eigenvalue weighted by molar-refractivity contribution is 7.89. The lowest BCUT2D eigenvalue weighted by Gasteiger charge is -2.09. The van der Waals surface area contributed by atoms with Crippen molar-refractivity contribution in [2.45, 2.75) is 37.9 Å². The molecule has 10 heteroatoms. The Morgan fingerprint density at radius 2 is 1.76 bits per heavy atom. The zero-order valence-electron chi connectivity index (χ0n) is 18.0. The van der Waals surface area contributed by atoms with Crippen molar-refractivity contribution in [1.82, 2.24) is 13.9 Å². The molecule has 2 heterocycles. The lowest BCUT2D eigenvalue weighted by atomic mass is 10.3. The van der Waals surface area contributed by atoms with Crippen molar-refractivity contribution < 1.29 is 17.6 Å². The first-order chi connectivity index (χ1) is 15.9. The van der Waals surface area contributed by atoms with Crippen LogP contribution in [0.5, 0.6) is 0 Å². The molecule has 0 unspecified atom stereocenters. The van der Waals surface area contributed by atoms with E-state index in [4.69, 9.17) is 4.42 Å². The number of furan rings is 1. The molecule has 0 aliphatic heterocycles. The van der Waals surface area contributed by atoms with E-state index in [-0.39, 0.29) is 36.0 Å². The van der Waals surface area contributed by atoms with Crippen LogP contribution in [-0.4, -0.2) is 23.5 Å². The number of benzene rings is 2. The number of carbonyl (C=O) groups is 1. The van der Waals surface area contributed by atoms with E-state index >= 15 is 0 Å². The van der Waals surface area contributed by atoms with Crippen LogP contribution in [0.2, 0.25) is 0 Å². The van der Waals surface area contributed by atoms with Crippen LogP contribution >= 0.6 is 0 Å². The van der Waals surface area contributed by atoms with E-state index < -0.39 is 10.0 Å². The Morgan fingerprint density at radius 1 is 1.00 bits per heavy atom. The summed E-state index contributed by atoms with van der Waals surface area (Å²) in [5.41, 5.74) is 1.78. The SMILES string of the molecule is CCn1c(=O)n(CCC(=O)Nc2cccc(S(=O)(=O)NCc3ccco3)c2)c2ccccc21. The molecule has 2 N–H and O–H groups in total. The molecule has 0 saturated heterocycles. The molecule has 0 atom stereocenters. The molecule has 0 saturated carbocycles. The summed E-state index contributed by atoms with van der Waals surface area (Å²) in [4.78, 5) is 25.3. The van der Waals surface area contributed by atoms with Crippen LogP contribution in [0.15, 0.2) is 81.0 Å². The molecule has 0 aliphatic rings. The van der Waals surface area contributed by atoms with Gasteiger partial charge >= 0.3 is 5.69 Å². The van der Waals surface area contributed by atoms with Crippen molar-refractivity contribution in [1.29, 1.82) is 0 Å². The Labute approximate surface area is 190 Å². The van der Waals surface area contributed by atoms with Crippen LogP contribution < -0.4 is 15.7 Å². The van der Waals surface area contributed by atoms with Gasteiger partial charge in [0.2, 0.25) is 15.9 Å². The Hall–Kier alpha value is -3.63. The fourth-order valence-electron chi connectivity index (χ4n) is 3.63. The number of aromatic nitrogens is 2. The first-order valence-corrected chi connectivity index (χ1v) is 12.0. The fraction of sp³-hybridized carbons (Fsp3) is 0.217. The minimum absolute atomic E-state index is 0.0199. The largest absolute Gasteiger partial charge is 0.468 e. The predicted molar refractivity (Wildman–Crippen MR) is 124 cm³/mol. The van der Waals surface area contributed by atoms with Gasteiger partial charge in [0.25, 0.3) is 0 Å². The molecule has 0 bridgehead atoms. The summed E-state index contributed by atoms with van der Waals surface area (Å²) in [5.74, 6) is 0.163. The number of aryl methyl sites for hydroxylation is 2. The highest BCUT2D eigenvalue weighted by Crippen LogP contribution is 2.17. The molecule has 0 aliphatic carbocycles. The molecule has 0 fully saturated rings. The van der Waals surface area contributed by atoms with Crippen molar-refractivity contribution in [3.8, 4) is 0 Å². The number of rotatable bonds is 9. The highest BCUT2D eigenvalue weighted by atomic mass is 32.2. The molecule has 1 amide bonds. The van der Waals surface area contributed by atoms with Gasteiger partial charge in [-0.25, -0.2) is 17.9 Å². The van der Waals surface area contributed by atoms with Crippen molar-refractivity contribution in [2.24, 2.45) is 0 Å². The smallest absolute Gasteiger partial charge is 0.329 e. The second-order valence-corrected chi connectivity index (χ2v) is 9.16. The number of fused-ring (bicyclic) bond motifs is 1. The molecular weight excluding hydrogens is 444 g/mol. The van der Waals surface area contributed by atoms with E-state index in [1.54, 1.807) is 33.4 Å². The van der Waals surface area contributed by atoms with Gasteiger partial charge in [0.15, 0.2) is 0 Å². The zero-order chi connectivity index (χ0) is 23.4. The van der Waals surface area contributed by atoms with E-state index in [2.05, 4.69) is 10.0 Å². The number of imidazole rings is 1. The Morgan fingerprint density at radius 3 is 2.45 bits per heavy atom. The van der Waals surface area contributed by atoms with Gasteiger partial charge in [-0.1, -0.05) is 18.2 Å². The predicted octanol–water partition coefficient (Wildman–Crippen LogP) is 2.92. The van der Waals surface area contributed by atoms with Crippen LogP contribution in [0.25, 0.3) is 11.0 Å². The molecule has 172 valence electrons. The molecule has 2 aromatic carbocycles. The maximum Gasteiger partial charge on any atom is 0.329 e. The second-order valence-electron chi connectivity index (χ2n) is 7.40. The maximum absolute atomic E-state index is 12.7. The molecular formula is C23H24N4O5S. The number of para-hydroxylation sites is 2. The highest BCUT2D eigenvalue weighted by Gasteiger charge is 2.16. The molecule has 0 spiro atoms. The molecule has 4 aromatic rings. The van der Waals surface area contributed by atoms with Gasteiger partial charge in [0, 0.05) is 25.2 Å². The summed E-state index contributed by atoms with van der Waals surface area (Å²) in [5, 5.41) is 2.71. The van der Waals surface area contributed by atoms with Crippen molar-refractivity contribution in [2.75, 3.05) is 5.32 Å². The maximum atomic E-state index is 12.7. The third-order valence-corrected chi connectivity index (χ3v) is 6.65. The minimum atomic E-state index is -3.79. The standard InChI is InChI=1S/C23H24N4O5S/c1-2-26-20-10-3-4-11-21(20)27(23(26)29)13-12-22(28)25-17-7-5-9-19(15-17)33(30,31)24-16-18-8-6-14-32-18/h3-11,14-15,24H,2,12-13,16H2,1H3,(H,25,28). The van der Waals surface area contributed by atoms with Gasteiger partial charge in [0.05, 0.1) is 28.7 Å². The summed E-state index contributed by atoms with van der Waals surface area (Å²) in [7, 11) is -3.79. The van der Waals surface area contributed by atoms with Crippen LogP contribution in [-0.2, 0) is 34.5 Å². The molecule has 2 aromatic heterocycles. The van der Waals surface area contributed by atoms with Gasteiger partial charge in [-0.2, -0.15) is 0 Å². The molecule has 4 rings (SSSR count). The minimum Gasteiger partial charge on any atom is -0.468 e. The number of amides is 1. The van der Waals surface area contributed by atoms with Crippen LogP contribution in [0.3, 0.4) is 0 Å². The quantitative estimate of drug-likeness (QED) is 0.392. The molecule has 0 radical (unpaired) electrons. The van der Waals surface area contributed by atoms with Crippen LogP contribution in [0, 0.1) is 0 Å². The number of hydrogen-bond donors (Lipinski definition) is 2. The lowest BCUT2D eigenvalue weighted by molar-refractivity contribution is -0.116. The summed E-state index contributed by atoms with van der Waals surface area (Å²) in [6.07, 6.45) is 1.53. The number of nitrogens with zero attached hydrogens (tertiary/aromatic N) is 2. The normalized spacial score (nSPS) is 11.7. The van der Waals surface area contributed by atoms with E-state index in [9.17, 15) is 18.0 Å². The number of carbonyl (C=O) groups excluding carboxylic acids is 1. The van der Waals surface area contributed by atoms with Crippen molar-refractivity contribution in [3.63, 3.8) is 0 Å². The molecule has 9 nitrogen and oxygen atoms in total. The summed E-state index contributed by atoms with van der Waals surface area (Å²) in [6, 6.07) is 16.8. The third-order valence-electron chi connectivity index (χ3n) is 5.25. The summed E-state index contributed by atoms with van der Waals surface area (Å²) in [6.45, 7) is 2.66. The van der Waals surface area contributed by atoms with E-state index in [0.29, 0.717) is 18.0 Å². The zero-order valence-corrected chi connectivity index (χ0v) is 18.8. The van der Waals surface area contributed by atoms with Crippen molar-refractivity contribution in [3.05, 3.63) is 83.2 Å². The summed E-state index contributed by atoms with van der Waals surface area (Å²) < 4.78 is 36.0. The first kappa shape index (κ1) is 22.6. The fourth-order valence-corrected chi connectivity index (χ4v) is 4.67. The number of hydrogen-bond acceptors (Lipinski definition) is 5. The van der Waals surface area contributed by atoms with Crippen LogP contribution in [0.4, 0.5) is 5.69 Å². The van der Waals surface area contributed by atoms with Crippen LogP contribution in [0.1, 0.15) is 19.1 Å². The average molecular weight is 469 g/mol. The van der Waals surface area contributed by atoms with Gasteiger partial charge < -0.3 is 9.73 Å². The summed E-state index contributed by atoms with van der Waals surface area (Å²) >= 11 is 0. The Kier molecular flexibility index (Phi) is 6.47. The van der Waals surface area contributed by atoms with Gasteiger partial charge in [0.1, 0.15) is 5.76 Å². The molecule has 33 heavy (non-hydrogen) atoms. The van der Waals surface area contributed by atoms with Gasteiger partial charge in [-0.15, -0.1) is 0 Å². The first-order valence-electron chi connectivity index (χ1n) is 10.5. The lowest BCUT2D eigenvalue weighted by Crippen LogP contribution is -2.26. The number of sulfonamides is 1. The van der Waals surface area contributed by atoms with Crippen molar-refractivity contribution >= 4 is 32.7 Å². The Balaban J connectivity index is 1.43. The Bertz CT molecular complexity index is 1440. The second kappa shape index (κ2) is 9.47. The van der Waals surface area contributed by atoms with Gasteiger partial charge in [-0.05, 0) is 49.4 Å². The van der Waals surface area contributed by atoms with E-state index in [1.165, 1.54) is 18.4 Å². The number of anilines is 1. The van der Waals surface area contributed by atoms with E-state index in [1.807, 2.05) is 31.2 Å². The third kappa shape index (κ3) is 4.91.